The summed E-state index contributed by atoms with van der Waals surface area (Å²) in [6.07, 6.45) is 3.91. The van der Waals surface area contributed by atoms with E-state index in [-0.39, 0.29) is 6.10 Å². The Labute approximate surface area is 142 Å². The lowest BCUT2D eigenvalue weighted by atomic mass is 9.77. The average molecular weight is 337 g/mol. The SMILES string of the molecule is CN1CCN([C@@H]2C[C@@H]3CN(Cc4nccs4)C[C@@H]3C[C@H]2O)CC1. The normalized spacial score (nSPS) is 37.1. The number of likely N-dealkylation sites (tertiary alicyclic amines) is 1. The molecule has 2 aliphatic heterocycles. The van der Waals surface area contributed by atoms with Crippen LogP contribution < -0.4 is 0 Å². The Balaban J connectivity index is 1.36. The van der Waals surface area contributed by atoms with Crippen LogP contribution in [-0.4, -0.2) is 83.3 Å². The molecule has 23 heavy (non-hydrogen) atoms. The van der Waals surface area contributed by atoms with Crippen LogP contribution >= 0.6 is 11.3 Å². The number of piperazine rings is 1. The van der Waals surface area contributed by atoms with Gasteiger partial charge in [-0.2, -0.15) is 0 Å². The summed E-state index contributed by atoms with van der Waals surface area (Å²) < 4.78 is 0. The molecule has 1 aliphatic carbocycles. The van der Waals surface area contributed by atoms with Gasteiger partial charge in [0.15, 0.2) is 0 Å². The second-order valence-corrected chi connectivity index (χ2v) is 8.56. The maximum absolute atomic E-state index is 10.7. The van der Waals surface area contributed by atoms with Gasteiger partial charge >= 0.3 is 0 Å². The van der Waals surface area contributed by atoms with E-state index in [4.69, 9.17) is 0 Å². The zero-order valence-corrected chi connectivity index (χ0v) is 14.8. The minimum absolute atomic E-state index is 0.139. The number of thiazole rings is 1. The molecule has 0 unspecified atom stereocenters. The third-order valence-corrected chi connectivity index (χ3v) is 6.80. The van der Waals surface area contributed by atoms with Crippen LogP contribution in [0.15, 0.2) is 11.6 Å². The van der Waals surface area contributed by atoms with Gasteiger partial charge in [0.2, 0.25) is 0 Å². The summed E-state index contributed by atoms with van der Waals surface area (Å²) in [6.45, 7) is 7.79. The highest BCUT2D eigenvalue weighted by molar-refractivity contribution is 7.09. The summed E-state index contributed by atoms with van der Waals surface area (Å²) >= 11 is 1.75. The number of hydrogen-bond donors (Lipinski definition) is 1. The second-order valence-electron chi connectivity index (χ2n) is 7.59. The maximum atomic E-state index is 10.7. The standard InChI is InChI=1S/C17H28N4OS/c1-19-3-5-21(6-4-19)15-8-13-10-20(11-14(13)9-16(15)22)12-17-18-2-7-23-17/h2,7,13-16,22H,3-6,8-12H2,1H3/t13-,14+,15-,16-/m1/s1. The van der Waals surface area contributed by atoms with E-state index in [0.29, 0.717) is 12.0 Å². The molecule has 6 heteroatoms. The number of nitrogens with zero attached hydrogens (tertiary/aromatic N) is 4. The molecule has 3 fully saturated rings. The molecule has 0 amide bonds. The van der Waals surface area contributed by atoms with Gasteiger partial charge < -0.3 is 10.0 Å². The topological polar surface area (TPSA) is 42.8 Å². The Hall–Kier alpha value is -0.530. The molecule has 5 nitrogen and oxygen atoms in total. The number of aliphatic hydroxyl groups excluding tert-OH is 1. The summed E-state index contributed by atoms with van der Waals surface area (Å²) in [4.78, 5) is 11.9. The Bertz CT molecular complexity index is 503. The summed E-state index contributed by atoms with van der Waals surface area (Å²) in [6, 6.07) is 0.379. The first kappa shape index (κ1) is 16.0. The number of rotatable bonds is 3. The average Bonchev–Trinajstić information content (AvgIpc) is 3.17. The number of likely N-dealkylation sites (N-methyl/N-ethyl adjacent to an activating group) is 1. The molecule has 3 aliphatic rings. The largest absolute Gasteiger partial charge is 0.391 e. The van der Waals surface area contributed by atoms with E-state index in [9.17, 15) is 5.11 Å². The molecule has 0 radical (unpaired) electrons. The minimum atomic E-state index is -0.139. The predicted molar refractivity (Wildman–Crippen MR) is 92.5 cm³/mol. The lowest BCUT2D eigenvalue weighted by Gasteiger charge is -2.44. The molecule has 1 aromatic rings. The fraction of sp³-hybridized carbons (Fsp3) is 0.824. The van der Waals surface area contributed by atoms with Crippen molar-refractivity contribution in [3.05, 3.63) is 16.6 Å². The van der Waals surface area contributed by atoms with Gasteiger partial charge in [0.25, 0.3) is 0 Å². The number of aliphatic hydroxyl groups is 1. The van der Waals surface area contributed by atoms with E-state index < -0.39 is 0 Å². The van der Waals surface area contributed by atoms with Crippen LogP contribution in [0.5, 0.6) is 0 Å². The van der Waals surface area contributed by atoms with E-state index in [2.05, 4.69) is 32.1 Å². The Morgan fingerprint density at radius 3 is 2.61 bits per heavy atom. The summed E-state index contributed by atoms with van der Waals surface area (Å²) in [5.41, 5.74) is 0. The first-order valence-electron chi connectivity index (χ1n) is 8.90. The zero-order chi connectivity index (χ0) is 15.8. The van der Waals surface area contributed by atoms with Crippen molar-refractivity contribution in [3.8, 4) is 0 Å². The quantitative estimate of drug-likeness (QED) is 0.891. The Morgan fingerprint density at radius 2 is 1.91 bits per heavy atom. The highest BCUT2D eigenvalue weighted by Crippen LogP contribution is 2.39. The number of fused-ring (bicyclic) bond motifs is 1. The lowest BCUT2D eigenvalue weighted by Crippen LogP contribution is -2.55. The van der Waals surface area contributed by atoms with Crippen molar-refractivity contribution < 1.29 is 5.11 Å². The van der Waals surface area contributed by atoms with Crippen molar-refractivity contribution in [2.45, 2.75) is 31.5 Å². The van der Waals surface area contributed by atoms with E-state index in [1.807, 2.05) is 6.20 Å². The summed E-state index contributed by atoms with van der Waals surface area (Å²) in [5.74, 6) is 1.43. The molecule has 1 N–H and O–H groups in total. The highest BCUT2D eigenvalue weighted by atomic mass is 32.1. The van der Waals surface area contributed by atoms with Crippen LogP contribution in [0.4, 0.5) is 0 Å². The molecule has 0 spiro atoms. The second kappa shape index (κ2) is 6.76. The smallest absolute Gasteiger partial charge is 0.107 e. The number of aromatic nitrogens is 1. The first-order chi connectivity index (χ1) is 11.2. The fourth-order valence-electron chi connectivity index (χ4n) is 4.70. The molecule has 128 valence electrons. The van der Waals surface area contributed by atoms with Crippen molar-refractivity contribution >= 4 is 11.3 Å². The van der Waals surface area contributed by atoms with Gasteiger partial charge in [-0.15, -0.1) is 11.3 Å². The lowest BCUT2D eigenvalue weighted by molar-refractivity contribution is -0.0249. The highest BCUT2D eigenvalue weighted by Gasteiger charge is 2.43. The molecule has 2 saturated heterocycles. The van der Waals surface area contributed by atoms with E-state index in [1.54, 1.807) is 11.3 Å². The van der Waals surface area contributed by atoms with Crippen molar-refractivity contribution in [3.63, 3.8) is 0 Å². The van der Waals surface area contributed by atoms with Crippen molar-refractivity contribution in [2.24, 2.45) is 11.8 Å². The van der Waals surface area contributed by atoms with Crippen LogP contribution in [0.2, 0.25) is 0 Å². The molecular formula is C17H28N4OS. The van der Waals surface area contributed by atoms with E-state index >= 15 is 0 Å². The van der Waals surface area contributed by atoms with Crippen LogP contribution in [0, 0.1) is 11.8 Å². The third kappa shape index (κ3) is 3.46. The third-order valence-electron chi connectivity index (χ3n) is 6.03. The van der Waals surface area contributed by atoms with Crippen LogP contribution in [0.3, 0.4) is 0 Å². The Morgan fingerprint density at radius 1 is 1.17 bits per heavy atom. The predicted octanol–water partition coefficient (Wildman–Crippen LogP) is 0.962. The molecule has 4 rings (SSSR count). The van der Waals surface area contributed by atoms with E-state index in [1.165, 1.54) is 18.0 Å². The number of hydrogen-bond acceptors (Lipinski definition) is 6. The monoisotopic (exact) mass is 336 g/mol. The molecule has 0 aromatic carbocycles. The van der Waals surface area contributed by atoms with Gasteiger partial charge in [-0.05, 0) is 31.7 Å². The van der Waals surface area contributed by atoms with Crippen molar-refractivity contribution in [2.75, 3.05) is 46.3 Å². The van der Waals surface area contributed by atoms with Crippen LogP contribution in [0.25, 0.3) is 0 Å². The fourth-order valence-corrected chi connectivity index (χ4v) is 5.36. The summed E-state index contributed by atoms with van der Waals surface area (Å²) in [7, 11) is 2.19. The molecule has 0 bridgehead atoms. The Kier molecular flexibility index (Phi) is 4.70. The van der Waals surface area contributed by atoms with Crippen LogP contribution in [-0.2, 0) is 6.54 Å². The minimum Gasteiger partial charge on any atom is -0.391 e. The van der Waals surface area contributed by atoms with Crippen molar-refractivity contribution in [1.82, 2.24) is 19.7 Å². The molecule has 4 atom stereocenters. The molecule has 1 aromatic heterocycles. The maximum Gasteiger partial charge on any atom is 0.107 e. The van der Waals surface area contributed by atoms with E-state index in [0.717, 1.165) is 51.6 Å². The van der Waals surface area contributed by atoms with Gasteiger partial charge in [0, 0.05) is 56.9 Å². The molecular weight excluding hydrogens is 308 g/mol. The van der Waals surface area contributed by atoms with Crippen molar-refractivity contribution in [1.29, 1.82) is 0 Å². The molecule has 3 heterocycles. The van der Waals surface area contributed by atoms with Gasteiger partial charge in [0.05, 0.1) is 12.6 Å². The van der Waals surface area contributed by atoms with Crippen LogP contribution in [0.1, 0.15) is 17.8 Å². The van der Waals surface area contributed by atoms with Gasteiger partial charge in [-0.25, -0.2) is 4.98 Å². The summed E-state index contributed by atoms with van der Waals surface area (Å²) in [5, 5.41) is 14.0. The first-order valence-corrected chi connectivity index (χ1v) is 9.78. The van der Waals surface area contributed by atoms with Gasteiger partial charge in [-0.3, -0.25) is 9.80 Å². The van der Waals surface area contributed by atoms with Gasteiger partial charge in [-0.1, -0.05) is 0 Å². The zero-order valence-electron chi connectivity index (χ0n) is 14.0. The van der Waals surface area contributed by atoms with Gasteiger partial charge in [0.1, 0.15) is 5.01 Å². The molecule has 1 saturated carbocycles.